The van der Waals surface area contributed by atoms with E-state index in [4.69, 9.17) is 11.1 Å². The first-order valence-corrected chi connectivity index (χ1v) is 11.1. The number of nitrogens with one attached hydrogen (secondary N) is 3. The summed E-state index contributed by atoms with van der Waals surface area (Å²) in [5, 5.41) is 14.8. The zero-order chi connectivity index (χ0) is 22.4. The molecule has 1 aromatic heterocycles. The van der Waals surface area contributed by atoms with Gasteiger partial charge in [-0.25, -0.2) is 0 Å². The molecule has 0 radical (unpaired) electrons. The van der Waals surface area contributed by atoms with Gasteiger partial charge < -0.3 is 31.2 Å². The highest BCUT2D eigenvalue weighted by Crippen LogP contribution is 2.27. The van der Waals surface area contributed by atoms with Gasteiger partial charge in [-0.15, -0.1) is 0 Å². The van der Waals surface area contributed by atoms with Crippen LogP contribution >= 0.6 is 15.9 Å². The zero-order valence-electron chi connectivity index (χ0n) is 17.7. The molecule has 0 unspecified atom stereocenters. The van der Waals surface area contributed by atoms with E-state index in [2.05, 4.69) is 32.6 Å². The second-order valence-corrected chi connectivity index (χ2v) is 8.73. The fraction of sp³-hybridized carbons (Fsp3) is 0.409. The number of carbonyl (C=O) groups is 2. The second-order valence-electron chi connectivity index (χ2n) is 7.82. The van der Waals surface area contributed by atoms with Gasteiger partial charge in [-0.05, 0) is 62.2 Å². The maximum absolute atomic E-state index is 12.5. The predicted molar refractivity (Wildman–Crippen MR) is 126 cm³/mol. The quantitative estimate of drug-likeness (QED) is 0.284. The number of nitrogens with zero attached hydrogens (tertiary/aromatic N) is 2. The molecular formula is C22H29BrN6O2. The van der Waals surface area contributed by atoms with E-state index >= 15 is 0 Å². The molecular weight excluding hydrogens is 460 g/mol. The van der Waals surface area contributed by atoms with Crippen LogP contribution in [0.5, 0.6) is 0 Å². The van der Waals surface area contributed by atoms with Crippen LogP contribution in [-0.2, 0) is 22.6 Å². The summed E-state index contributed by atoms with van der Waals surface area (Å²) >= 11 is 3.54. The van der Waals surface area contributed by atoms with Crippen molar-refractivity contribution in [2.24, 2.45) is 5.73 Å². The summed E-state index contributed by atoms with van der Waals surface area (Å²) in [7, 11) is 1.88. The lowest BCUT2D eigenvalue weighted by molar-refractivity contribution is -0.128. The van der Waals surface area contributed by atoms with E-state index in [0.29, 0.717) is 19.5 Å². The van der Waals surface area contributed by atoms with Crippen LogP contribution in [0.3, 0.4) is 0 Å². The Balaban J connectivity index is 1.74. The number of likely N-dealkylation sites (tertiary alicyclic amines) is 1. The van der Waals surface area contributed by atoms with Crippen molar-refractivity contribution in [1.82, 2.24) is 20.1 Å². The molecule has 166 valence electrons. The van der Waals surface area contributed by atoms with Crippen LogP contribution in [0.15, 0.2) is 40.1 Å². The maximum atomic E-state index is 12.5. The Bertz CT molecular complexity index is 993. The molecule has 2 heterocycles. The van der Waals surface area contributed by atoms with Gasteiger partial charge in [0.1, 0.15) is 6.54 Å². The van der Waals surface area contributed by atoms with E-state index in [1.54, 1.807) is 4.90 Å². The molecule has 3 rings (SSSR count). The molecule has 2 aromatic rings. The van der Waals surface area contributed by atoms with Crippen molar-refractivity contribution < 1.29 is 9.59 Å². The van der Waals surface area contributed by atoms with Crippen LogP contribution in [0.25, 0.3) is 10.9 Å². The number of aryl methyl sites for hydroxylation is 1. The molecule has 0 atom stereocenters. The summed E-state index contributed by atoms with van der Waals surface area (Å²) in [6, 6.07) is 6.05. The van der Waals surface area contributed by atoms with Crippen molar-refractivity contribution in [1.29, 1.82) is 5.41 Å². The number of hydrogen-bond donors (Lipinski definition) is 4. The lowest BCUT2D eigenvalue weighted by Gasteiger charge is -2.36. The van der Waals surface area contributed by atoms with Gasteiger partial charge in [0.15, 0.2) is 0 Å². The highest BCUT2D eigenvalue weighted by molar-refractivity contribution is 9.10. The summed E-state index contributed by atoms with van der Waals surface area (Å²) in [5.74, 6) is -0.0699. The number of nitrogens with two attached hydrogens (primary N) is 1. The van der Waals surface area contributed by atoms with Crippen molar-refractivity contribution in [3.05, 3.63) is 45.7 Å². The average molecular weight is 489 g/mol. The molecule has 1 saturated heterocycles. The molecule has 1 aliphatic rings. The molecule has 8 nitrogen and oxygen atoms in total. The minimum atomic E-state index is -0.0699. The predicted octanol–water partition coefficient (Wildman–Crippen LogP) is 1.77. The number of amides is 2. The molecule has 9 heteroatoms. The number of carbonyl (C=O) groups excluding carboxylic acids is 2. The van der Waals surface area contributed by atoms with Gasteiger partial charge in [0.25, 0.3) is 0 Å². The van der Waals surface area contributed by atoms with E-state index in [1.807, 2.05) is 29.9 Å². The average Bonchev–Trinajstić information content (AvgIpc) is 3.05. The lowest BCUT2D eigenvalue weighted by atomic mass is 10.0. The summed E-state index contributed by atoms with van der Waals surface area (Å²) in [4.78, 5) is 24.8. The van der Waals surface area contributed by atoms with Gasteiger partial charge in [-0.3, -0.25) is 9.59 Å². The summed E-state index contributed by atoms with van der Waals surface area (Å²) in [6.07, 6.45) is 6.25. The number of aromatic nitrogens is 1. The Morgan fingerprint density at radius 2 is 2.13 bits per heavy atom. The molecule has 0 aliphatic carbocycles. The molecule has 5 N–H and O–H groups in total. The van der Waals surface area contributed by atoms with Gasteiger partial charge >= 0.3 is 0 Å². The molecule has 1 aliphatic heterocycles. The standard InChI is InChI=1S/C22H29BrN6O2/c1-26-7-6-15(9-24)20(25)4-2-16-10-29(21-5-3-17(23)8-19(16)21)13-22(31)27-18-11-28(12-18)14-30/h3,5,8-10,14,18,24,26H,2,4,6-7,11-13,25H2,1H3,(H,27,31)/b20-15-,24-9?. The first kappa shape index (κ1) is 23.0. The maximum Gasteiger partial charge on any atom is 0.240 e. The summed E-state index contributed by atoms with van der Waals surface area (Å²) in [6.45, 7) is 2.12. The van der Waals surface area contributed by atoms with Crippen LogP contribution in [0.4, 0.5) is 0 Å². The minimum absolute atomic E-state index is 0.0234. The first-order chi connectivity index (χ1) is 14.9. The normalized spacial score (nSPS) is 14.8. The van der Waals surface area contributed by atoms with Gasteiger partial charge in [0.2, 0.25) is 12.3 Å². The van der Waals surface area contributed by atoms with Crippen LogP contribution in [0.2, 0.25) is 0 Å². The number of fused-ring (bicyclic) bond motifs is 1. The largest absolute Gasteiger partial charge is 0.402 e. The molecule has 0 spiro atoms. The van der Waals surface area contributed by atoms with Crippen molar-refractivity contribution in [2.75, 3.05) is 26.7 Å². The molecule has 0 saturated carbocycles. The van der Waals surface area contributed by atoms with Crippen molar-refractivity contribution in [2.45, 2.75) is 31.8 Å². The Hall–Kier alpha value is -2.65. The molecule has 31 heavy (non-hydrogen) atoms. The topological polar surface area (TPSA) is 116 Å². The van der Waals surface area contributed by atoms with Gasteiger partial charge in [-0.2, -0.15) is 0 Å². The highest BCUT2D eigenvalue weighted by atomic mass is 79.9. The first-order valence-electron chi connectivity index (χ1n) is 10.3. The highest BCUT2D eigenvalue weighted by Gasteiger charge is 2.26. The molecule has 0 bridgehead atoms. The van der Waals surface area contributed by atoms with Gasteiger partial charge in [-0.1, -0.05) is 15.9 Å². The van der Waals surface area contributed by atoms with E-state index in [-0.39, 0.29) is 18.5 Å². The number of hydrogen-bond acceptors (Lipinski definition) is 5. The fourth-order valence-electron chi connectivity index (χ4n) is 3.81. The van der Waals surface area contributed by atoms with Crippen LogP contribution in [0.1, 0.15) is 18.4 Å². The number of benzene rings is 1. The van der Waals surface area contributed by atoms with Gasteiger partial charge in [0.05, 0.1) is 6.04 Å². The van der Waals surface area contributed by atoms with E-state index in [0.717, 1.165) is 58.0 Å². The Kier molecular flexibility index (Phi) is 7.86. The SMILES string of the molecule is CNCC/C(C=N)=C(/N)CCc1cn(CC(=O)NC2CN(C=O)C2)c2ccc(Br)cc12. The third-order valence-corrected chi connectivity index (χ3v) is 6.05. The van der Waals surface area contributed by atoms with Crippen molar-refractivity contribution in [3.8, 4) is 0 Å². The zero-order valence-corrected chi connectivity index (χ0v) is 19.2. The molecule has 2 amide bonds. The van der Waals surface area contributed by atoms with E-state index in [9.17, 15) is 9.59 Å². The van der Waals surface area contributed by atoms with Crippen molar-refractivity contribution in [3.63, 3.8) is 0 Å². The second kappa shape index (κ2) is 10.6. The molecule has 1 aromatic carbocycles. The number of rotatable bonds is 11. The van der Waals surface area contributed by atoms with E-state index < -0.39 is 0 Å². The van der Waals surface area contributed by atoms with Gasteiger partial charge in [0, 0.05) is 46.6 Å². The van der Waals surface area contributed by atoms with Crippen LogP contribution in [0, 0.1) is 5.41 Å². The van der Waals surface area contributed by atoms with Crippen molar-refractivity contribution >= 4 is 45.4 Å². The Labute approximate surface area is 190 Å². The Morgan fingerprint density at radius 1 is 1.35 bits per heavy atom. The van der Waals surface area contributed by atoms with Crippen LogP contribution in [-0.4, -0.2) is 60.7 Å². The van der Waals surface area contributed by atoms with E-state index in [1.165, 1.54) is 6.21 Å². The third-order valence-electron chi connectivity index (χ3n) is 5.56. The summed E-state index contributed by atoms with van der Waals surface area (Å²) < 4.78 is 2.94. The monoisotopic (exact) mass is 488 g/mol. The Morgan fingerprint density at radius 3 is 2.81 bits per heavy atom. The number of allylic oxidation sites excluding steroid dienone is 1. The molecule has 1 fully saturated rings. The fourth-order valence-corrected chi connectivity index (χ4v) is 4.17. The smallest absolute Gasteiger partial charge is 0.240 e. The van der Waals surface area contributed by atoms with Crippen LogP contribution < -0.4 is 16.4 Å². The lowest BCUT2D eigenvalue weighted by Crippen LogP contribution is -2.58. The minimum Gasteiger partial charge on any atom is -0.402 e. The third kappa shape index (κ3) is 5.74. The summed E-state index contributed by atoms with van der Waals surface area (Å²) in [5.41, 5.74) is 9.94. The number of halogens is 1.